The van der Waals surface area contributed by atoms with E-state index in [2.05, 4.69) is 125 Å². The summed E-state index contributed by atoms with van der Waals surface area (Å²) in [6, 6.07) is 0. The van der Waals surface area contributed by atoms with Gasteiger partial charge < -0.3 is 0 Å². The van der Waals surface area contributed by atoms with Crippen molar-refractivity contribution >= 4 is 0 Å². The summed E-state index contributed by atoms with van der Waals surface area (Å²) in [5, 5.41) is 0. The summed E-state index contributed by atoms with van der Waals surface area (Å²) >= 11 is 0. The van der Waals surface area contributed by atoms with Gasteiger partial charge in [0.15, 0.2) is 0 Å². The second-order valence-electron chi connectivity index (χ2n) is 15.3. The highest BCUT2D eigenvalue weighted by atomic mass is 14.2. The molecule has 6 atom stereocenters. The first kappa shape index (κ1) is 57.3. The first-order chi connectivity index (χ1) is 21.4. The lowest BCUT2D eigenvalue weighted by atomic mass is 9.92. The molecule has 0 heteroatoms. The number of rotatable bonds is 0. The highest BCUT2D eigenvalue weighted by Gasteiger charge is 2.14. The summed E-state index contributed by atoms with van der Waals surface area (Å²) in [5.74, 6) is 6.01. The smallest absolute Gasteiger partial charge is 0.0417 e. The minimum atomic E-state index is 0.993. The summed E-state index contributed by atoms with van der Waals surface area (Å²) in [4.78, 5) is 0. The topological polar surface area (TPSA) is 0 Å². The molecule has 3 fully saturated rings. The zero-order valence-electron chi connectivity index (χ0n) is 36.3. The average Bonchev–Trinajstić information content (AvgIpc) is 3.37. The van der Waals surface area contributed by atoms with Gasteiger partial charge in [-0.1, -0.05) is 253 Å². The highest BCUT2D eigenvalue weighted by molar-refractivity contribution is 4.67. The molecule has 0 bridgehead atoms. The van der Waals surface area contributed by atoms with Gasteiger partial charge in [-0.3, -0.25) is 0 Å². The Bertz CT molecular complexity index is 367. The maximum Gasteiger partial charge on any atom is -0.0417 e. The fourth-order valence-electron chi connectivity index (χ4n) is 5.26. The quantitative estimate of drug-likeness (QED) is 0.231. The van der Waals surface area contributed by atoms with Gasteiger partial charge in [-0.2, -0.15) is 0 Å². The van der Waals surface area contributed by atoms with Crippen LogP contribution >= 0.6 is 0 Å². The van der Waals surface area contributed by atoms with E-state index in [0.29, 0.717) is 0 Å². The summed E-state index contributed by atoms with van der Waals surface area (Å²) in [5.41, 5.74) is 0. The van der Waals surface area contributed by atoms with Crippen LogP contribution in [0.4, 0.5) is 0 Å². The minimum Gasteiger partial charge on any atom is -0.0656 e. The van der Waals surface area contributed by atoms with Crippen LogP contribution in [-0.2, 0) is 0 Å². The van der Waals surface area contributed by atoms with Crippen LogP contribution in [0.25, 0.3) is 0 Å². The van der Waals surface area contributed by atoms with Crippen molar-refractivity contribution in [1.82, 2.24) is 0 Å². The Balaban J connectivity index is -0.000000101. The molecule has 45 heavy (non-hydrogen) atoms. The molecule has 3 aliphatic rings. The standard InChI is InChI=1S/3C9H18.6C3H8/c1-8-4-3-5-9(2)7-6-8;1-8-5-3-4-6-9(2)7-8;1-8-6-4-3-5-7-9(8)2;6*1-3-2/h3*8-9H,3-7H2,1-2H3;6*3H2,1-2H3. The van der Waals surface area contributed by atoms with Crippen molar-refractivity contribution in [2.75, 3.05) is 0 Å². The third-order valence-corrected chi connectivity index (χ3v) is 7.79. The van der Waals surface area contributed by atoms with Crippen molar-refractivity contribution in [2.24, 2.45) is 35.5 Å². The van der Waals surface area contributed by atoms with Crippen LogP contribution < -0.4 is 0 Å². The normalized spacial score (nSPS) is 25.2. The minimum absolute atomic E-state index is 0.993. The molecule has 0 amide bonds. The van der Waals surface area contributed by atoms with Gasteiger partial charge in [-0.25, -0.2) is 0 Å². The number of hydrogen-bond donors (Lipinski definition) is 0. The highest BCUT2D eigenvalue weighted by Crippen LogP contribution is 2.28. The Morgan fingerprint density at radius 2 is 0.489 bits per heavy atom. The zero-order chi connectivity index (χ0) is 36.3. The summed E-state index contributed by atoms with van der Waals surface area (Å²) in [6.07, 6.45) is 29.6. The molecule has 0 aromatic carbocycles. The van der Waals surface area contributed by atoms with Gasteiger partial charge in [-0.05, 0) is 41.9 Å². The van der Waals surface area contributed by atoms with E-state index >= 15 is 0 Å². The second-order valence-corrected chi connectivity index (χ2v) is 15.3. The van der Waals surface area contributed by atoms with Gasteiger partial charge >= 0.3 is 0 Å². The molecule has 3 aliphatic carbocycles. The fraction of sp³-hybridized carbons (Fsp3) is 1.00. The lowest BCUT2D eigenvalue weighted by Crippen LogP contribution is -2.04. The zero-order valence-corrected chi connectivity index (χ0v) is 36.3. The van der Waals surface area contributed by atoms with Crippen molar-refractivity contribution in [3.05, 3.63) is 0 Å². The first-order valence-corrected chi connectivity index (χ1v) is 21.4. The Kier molecular flexibility index (Phi) is 68.1. The summed E-state index contributed by atoms with van der Waals surface area (Å²) in [6.45, 7) is 39.9. The third kappa shape index (κ3) is 67.1. The molecule has 0 saturated heterocycles. The largest absolute Gasteiger partial charge is 0.0656 e. The van der Waals surface area contributed by atoms with Crippen LogP contribution in [0.15, 0.2) is 0 Å². The van der Waals surface area contributed by atoms with Gasteiger partial charge in [0, 0.05) is 0 Å². The molecule has 0 spiro atoms. The van der Waals surface area contributed by atoms with Crippen molar-refractivity contribution in [3.63, 3.8) is 0 Å². The van der Waals surface area contributed by atoms with E-state index in [4.69, 9.17) is 0 Å². The van der Waals surface area contributed by atoms with E-state index in [1.165, 1.54) is 135 Å². The van der Waals surface area contributed by atoms with Crippen LogP contribution in [0.1, 0.15) is 259 Å². The van der Waals surface area contributed by atoms with Gasteiger partial charge in [0.25, 0.3) is 0 Å². The molecule has 3 saturated carbocycles. The van der Waals surface area contributed by atoms with Gasteiger partial charge in [-0.15, -0.1) is 0 Å². The van der Waals surface area contributed by atoms with Gasteiger partial charge in [0.1, 0.15) is 0 Å². The van der Waals surface area contributed by atoms with Crippen molar-refractivity contribution in [3.8, 4) is 0 Å². The van der Waals surface area contributed by atoms with Crippen molar-refractivity contribution in [1.29, 1.82) is 0 Å². The van der Waals surface area contributed by atoms with E-state index in [-0.39, 0.29) is 0 Å². The Labute approximate surface area is 294 Å². The van der Waals surface area contributed by atoms with Crippen LogP contribution in [0.2, 0.25) is 0 Å². The summed E-state index contributed by atoms with van der Waals surface area (Å²) in [7, 11) is 0. The molecular formula is C45H102. The fourth-order valence-corrected chi connectivity index (χ4v) is 5.26. The van der Waals surface area contributed by atoms with E-state index in [1.54, 1.807) is 0 Å². The van der Waals surface area contributed by atoms with Crippen LogP contribution in [0.5, 0.6) is 0 Å². The molecule has 0 nitrogen and oxygen atoms in total. The Hall–Kier alpha value is 0. The average molecular weight is 643 g/mol. The van der Waals surface area contributed by atoms with Crippen molar-refractivity contribution < 1.29 is 0 Å². The van der Waals surface area contributed by atoms with Crippen LogP contribution in [0, 0.1) is 35.5 Å². The summed E-state index contributed by atoms with van der Waals surface area (Å²) < 4.78 is 0. The maximum absolute atomic E-state index is 2.40. The molecule has 282 valence electrons. The first-order valence-electron chi connectivity index (χ1n) is 21.4. The molecule has 0 N–H and O–H groups in total. The number of hydrogen-bond acceptors (Lipinski definition) is 0. The van der Waals surface area contributed by atoms with E-state index in [0.717, 1.165) is 35.5 Å². The van der Waals surface area contributed by atoms with Crippen LogP contribution in [0.3, 0.4) is 0 Å². The molecular weight excluding hydrogens is 540 g/mol. The monoisotopic (exact) mass is 643 g/mol. The third-order valence-electron chi connectivity index (χ3n) is 7.79. The predicted octanol–water partition coefficient (Wildman–Crippen LogP) is 18.2. The van der Waals surface area contributed by atoms with E-state index in [1.807, 2.05) is 0 Å². The molecule has 0 aromatic heterocycles. The SMILES string of the molecule is CC1CCCC(C)CC1.CC1CCCCC(C)C1.CC1CCCCCC1C.CCC.CCC.CCC.CCC.CCC.CCC. The Morgan fingerprint density at radius 1 is 0.267 bits per heavy atom. The molecule has 0 radical (unpaired) electrons. The molecule has 0 aromatic rings. The lowest BCUT2D eigenvalue weighted by molar-refractivity contribution is 0.367. The second kappa shape index (κ2) is 53.5. The molecule has 0 aliphatic heterocycles. The van der Waals surface area contributed by atoms with Gasteiger partial charge in [0.2, 0.25) is 0 Å². The van der Waals surface area contributed by atoms with Gasteiger partial charge in [0.05, 0.1) is 0 Å². The van der Waals surface area contributed by atoms with E-state index < -0.39 is 0 Å². The molecule has 3 rings (SSSR count). The van der Waals surface area contributed by atoms with Crippen LogP contribution in [-0.4, -0.2) is 0 Å². The lowest BCUT2D eigenvalue weighted by Gasteiger charge is -2.14. The predicted molar refractivity (Wildman–Crippen MR) is 220 cm³/mol. The molecule has 6 unspecified atom stereocenters. The van der Waals surface area contributed by atoms with Crippen molar-refractivity contribution in [2.45, 2.75) is 259 Å². The molecule has 0 heterocycles. The Morgan fingerprint density at radius 3 is 0.756 bits per heavy atom. The maximum atomic E-state index is 2.40. The van der Waals surface area contributed by atoms with E-state index in [9.17, 15) is 0 Å².